The molecule has 19 heavy (non-hydrogen) atoms. The van der Waals surface area contributed by atoms with E-state index in [2.05, 4.69) is 24.5 Å². The lowest BCUT2D eigenvalue weighted by atomic mass is 9.68. The lowest BCUT2D eigenvalue weighted by Gasteiger charge is -2.38. The molecule has 0 radical (unpaired) electrons. The number of unbranched alkanes of at least 4 members (excludes halogenated alkanes) is 1. The predicted molar refractivity (Wildman–Crippen MR) is 70.1 cm³/mol. The molecule has 5 heteroatoms. The molecule has 1 aliphatic heterocycles. The summed E-state index contributed by atoms with van der Waals surface area (Å²) in [4.78, 5) is 36.0. The minimum atomic E-state index is -1.05. The van der Waals surface area contributed by atoms with Crippen molar-refractivity contribution in [1.29, 1.82) is 0 Å². The van der Waals surface area contributed by atoms with Gasteiger partial charge in [-0.05, 0) is 30.6 Å². The second-order valence-electron chi connectivity index (χ2n) is 5.95. The van der Waals surface area contributed by atoms with Gasteiger partial charge in [-0.3, -0.25) is 20.2 Å². The summed E-state index contributed by atoms with van der Waals surface area (Å²) in [6, 6.07) is -0.693. The monoisotopic (exact) mass is 266 g/mol. The average molecular weight is 266 g/mol. The topological polar surface area (TPSA) is 75.3 Å². The summed E-state index contributed by atoms with van der Waals surface area (Å²) in [5.41, 5.74) is -1.05. The van der Waals surface area contributed by atoms with Gasteiger partial charge in [-0.2, -0.15) is 0 Å². The Morgan fingerprint density at radius 2 is 1.74 bits per heavy atom. The van der Waals surface area contributed by atoms with Gasteiger partial charge in [0.2, 0.25) is 11.8 Å². The van der Waals surface area contributed by atoms with Crippen LogP contribution in [0, 0.1) is 23.2 Å². The van der Waals surface area contributed by atoms with Crippen LogP contribution in [0.25, 0.3) is 0 Å². The summed E-state index contributed by atoms with van der Waals surface area (Å²) in [6.07, 6.45) is 3.77. The molecule has 0 aromatic heterocycles. The molecular weight excluding hydrogens is 244 g/mol. The number of hydrogen-bond donors (Lipinski definition) is 2. The van der Waals surface area contributed by atoms with Crippen LogP contribution in [0.1, 0.15) is 46.5 Å². The summed E-state index contributed by atoms with van der Waals surface area (Å²) in [5.74, 6) is -0.502. The Hall–Kier alpha value is -1.39. The van der Waals surface area contributed by atoms with Crippen LogP contribution in [-0.2, 0) is 9.59 Å². The van der Waals surface area contributed by atoms with E-state index in [0.717, 1.165) is 25.7 Å². The first-order valence-electron chi connectivity index (χ1n) is 7.11. The summed E-state index contributed by atoms with van der Waals surface area (Å²) < 4.78 is 0. The number of barbiturate groups is 1. The maximum atomic E-state index is 12.4. The fourth-order valence-corrected chi connectivity index (χ4v) is 3.79. The highest BCUT2D eigenvalue weighted by molar-refractivity contribution is 6.19. The van der Waals surface area contributed by atoms with Crippen LogP contribution < -0.4 is 10.6 Å². The minimum Gasteiger partial charge on any atom is -0.277 e. The Kier molecular flexibility index (Phi) is 3.65. The van der Waals surface area contributed by atoms with Crippen molar-refractivity contribution in [3.8, 4) is 0 Å². The number of imide groups is 2. The Morgan fingerprint density at radius 1 is 1.16 bits per heavy atom. The third-order valence-electron chi connectivity index (χ3n) is 4.98. The first-order valence-corrected chi connectivity index (χ1v) is 7.11. The average Bonchev–Trinajstić information content (AvgIpc) is 2.58. The van der Waals surface area contributed by atoms with E-state index in [1.54, 1.807) is 0 Å². The SMILES string of the molecule is CCCCC1CC(C)C(C)C12C(=O)NC(=O)NC2=O. The molecule has 3 atom stereocenters. The number of nitrogens with one attached hydrogen (secondary N) is 2. The molecule has 2 aliphatic rings. The molecule has 0 aromatic carbocycles. The van der Waals surface area contributed by atoms with Gasteiger partial charge in [0.25, 0.3) is 0 Å². The summed E-state index contributed by atoms with van der Waals surface area (Å²) in [5, 5.41) is 4.58. The normalized spacial score (nSPS) is 33.4. The zero-order valence-corrected chi connectivity index (χ0v) is 11.8. The first kappa shape index (κ1) is 14.0. The van der Waals surface area contributed by atoms with Crippen LogP contribution in [0.4, 0.5) is 4.79 Å². The van der Waals surface area contributed by atoms with Crippen LogP contribution in [0.5, 0.6) is 0 Å². The van der Waals surface area contributed by atoms with Crippen molar-refractivity contribution in [2.75, 3.05) is 0 Å². The number of hydrogen-bond acceptors (Lipinski definition) is 3. The Bertz CT molecular complexity index is 399. The Balaban J connectivity index is 2.37. The lowest BCUT2D eigenvalue weighted by molar-refractivity contribution is -0.150. The van der Waals surface area contributed by atoms with Gasteiger partial charge in [0.05, 0.1) is 0 Å². The summed E-state index contributed by atoms with van der Waals surface area (Å²) >= 11 is 0. The zero-order chi connectivity index (χ0) is 14.2. The molecule has 3 unspecified atom stereocenters. The largest absolute Gasteiger partial charge is 0.328 e. The van der Waals surface area contributed by atoms with Crippen LogP contribution >= 0.6 is 0 Å². The highest BCUT2D eigenvalue weighted by atomic mass is 16.2. The van der Waals surface area contributed by atoms with Crippen molar-refractivity contribution >= 4 is 17.8 Å². The van der Waals surface area contributed by atoms with Crippen LogP contribution in [0.15, 0.2) is 0 Å². The molecule has 1 aliphatic carbocycles. The van der Waals surface area contributed by atoms with E-state index < -0.39 is 23.3 Å². The molecule has 0 aromatic rings. The van der Waals surface area contributed by atoms with Gasteiger partial charge in [0.1, 0.15) is 5.41 Å². The van der Waals surface area contributed by atoms with Gasteiger partial charge in [-0.25, -0.2) is 4.79 Å². The van der Waals surface area contributed by atoms with E-state index in [-0.39, 0.29) is 11.8 Å². The quantitative estimate of drug-likeness (QED) is 0.765. The molecule has 1 saturated carbocycles. The van der Waals surface area contributed by atoms with E-state index in [4.69, 9.17) is 0 Å². The third-order valence-corrected chi connectivity index (χ3v) is 4.98. The van der Waals surface area contributed by atoms with Crippen LogP contribution in [-0.4, -0.2) is 17.8 Å². The molecule has 4 amide bonds. The van der Waals surface area contributed by atoms with Crippen molar-refractivity contribution < 1.29 is 14.4 Å². The molecule has 1 heterocycles. The third kappa shape index (κ3) is 1.95. The fraction of sp³-hybridized carbons (Fsp3) is 0.786. The highest BCUT2D eigenvalue weighted by Gasteiger charge is 2.63. The van der Waals surface area contributed by atoms with E-state index in [1.165, 1.54) is 0 Å². The molecule has 5 nitrogen and oxygen atoms in total. The summed E-state index contributed by atoms with van der Waals surface area (Å²) in [7, 11) is 0. The Morgan fingerprint density at radius 3 is 2.26 bits per heavy atom. The molecule has 1 spiro atoms. The van der Waals surface area contributed by atoms with Gasteiger partial charge >= 0.3 is 6.03 Å². The van der Waals surface area contributed by atoms with Crippen molar-refractivity contribution in [3.63, 3.8) is 0 Å². The van der Waals surface area contributed by atoms with E-state index in [1.807, 2.05) is 6.92 Å². The van der Waals surface area contributed by atoms with Crippen LogP contribution in [0.3, 0.4) is 0 Å². The van der Waals surface area contributed by atoms with E-state index in [9.17, 15) is 14.4 Å². The van der Waals surface area contributed by atoms with E-state index >= 15 is 0 Å². The maximum absolute atomic E-state index is 12.4. The van der Waals surface area contributed by atoms with Crippen molar-refractivity contribution in [2.45, 2.75) is 46.5 Å². The smallest absolute Gasteiger partial charge is 0.277 e. The maximum Gasteiger partial charge on any atom is 0.328 e. The van der Waals surface area contributed by atoms with Gasteiger partial charge in [-0.15, -0.1) is 0 Å². The molecule has 1 saturated heterocycles. The van der Waals surface area contributed by atoms with Gasteiger partial charge in [-0.1, -0.05) is 33.6 Å². The molecule has 106 valence electrons. The molecule has 0 bridgehead atoms. The van der Waals surface area contributed by atoms with Gasteiger partial charge in [0, 0.05) is 0 Å². The fourth-order valence-electron chi connectivity index (χ4n) is 3.79. The second kappa shape index (κ2) is 4.94. The van der Waals surface area contributed by atoms with Gasteiger partial charge < -0.3 is 0 Å². The van der Waals surface area contributed by atoms with Crippen molar-refractivity contribution in [2.24, 2.45) is 23.2 Å². The standard InChI is InChI=1S/C14H22N2O3/c1-4-5-6-10-7-8(2)9(3)14(10)11(17)15-13(19)16-12(14)18/h8-10H,4-7H2,1-3H3,(H2,15,16,17,18,19). The number of carbonyl (C=O) groups is 3. The number of rotatable bonds is 3. The summed E-state index contributed by atoms with van der Waals surface area (Å²) in [6.45, 7) is 6.12. The number of urea groups is 1. The predicted octanol–water partition coefficient (Wildman–Crippen LogP) is 1.82. The molecule has 2 N–H and O–H groups in total. The second-order valence-corrected chi connectivity index (χ2v) is 5.95. The van der Waals surface area contributed by atoms with Gasteiger partial charge in [0.15, 0.2) is 0 Å². The number of carbonyl (C=O) groups excluding carboxylic acids is 3. The molecule has 2 rings (SSSR count). The minimum absolute atomic E-state index is 0.0329. The highest BCUT2D eigenvalue weighted by Crippen LogP contribution is 2.53. The van der Waals surface area contributed by atoms with Crippen molar-refractivity contribution in [3.05, 3.63) is 0 Å². The van der Waals surface area contributed by atoms with Crippen molar-refractivity contribution in [1.82, 2.24) is 10.6 Å². The zero-order valence-electron chi connectivity index (χ0n) is 11.8. The van der Waals surface area contributed by atoms with Crippen LogP contribution in [0.2, 0.25) is 0 Å². The molecule has 2 fully saturated rings. The Labute approximate surface area is 113 Å². The molecular formula is C14H22N2O3. The lowest BCUT2D eigenvalue weighted by Crippen LogP contribution is -2.65. The number of amides is 4. The van der Waals surface area contributed by atoms with E-state index in [0.29, 0.717) is 5.92 Å². The first-order chi connectivity index (χ1) is 8.94.